The van der Waals surface area contributed by atoms with E-state index in [9.17, 15) is 0 Å². The van der Waals surface area contributed by atoms with Crippen molar-refractivity contribution in [2.75, 3.05) is 4.90 Å². The first-order valence-corrected chi connectivity index (χ1v) is 23.5. The Labute approximate surface area is 392 Å². The zero-order chi connectivity index (χ0) is 44.9. The number of benzene rings is 9. The maximum absolute atomic E-state index is 4.88. The van der Waals surface area contributed by atoms with Gasteiger partial charge in [-0.3, -0.25) is 0 Å². The SMILES string of the molecule is C=C1/C=C\C=C/Cc2ccccc2C12c1ccccc1-c1c(N(c3ccc(-c4ccccc4)cc3)c3ccc(-c4ccc5[nH]c6cc7c(cc6c5c4)-c4ccccc4C7(C)C)cc3)cccc12. The van der Waals surface area contributed by atoms with Crippen LogP contribution in [0.3, 0.4) is 0 Å². The molecule has 1 aromatic heterocycles. The van der Waals surface area contributed by atoms with Crippen LogP contribution in [0.2, 0.25) is 0 Å². The molecule has 67 heavy (non-hydrogen) atoms. The first kappa shape index (κ1) is 39.2. The van der Waals surface area contributed by atoms with Gasteiger partial charge in [0.05, 0.1) is 11.1 Å². The summed E-state index contributed by atoms with van der Waals surface area (Å²) in [7, 11) is 0. The topological polar surface area (TPSA) is 19.0 Å². The smallest absolute Gasteiger partial charge is 0.0711 e. The maximum atomic E-state index is 4.88. The van der Waals surface area contributed by atoms with E-state index in [0.717, 1.165) is 34.6 Å². The van der Waals surface area contributed by atoms with Gasteiger partial charge in [-0.15, -0.1) is 0 Å². The number of allylic oxidation sites excluding steroid dienone is 5. The van der Waals surface area contributed by atoms with Gasteiger partial charge in [-0.25, -0.2) is 0 Å². The fourth-order valence-corrected chi connectivity index (χ4v) is 11.9. The molecule has 2 nitrogen and oxygen atoms in total. The van der Waals surface area contributed by atoms with Gasteiger partial charge in [-0.2, -0.15) is 0 Å². The summed E-state index contributed by atoms with van der Waals surface area (Å²) in [6.07, 6.45) is 9.64. The molecule has 1 spiro atoms. The van der Waals surface area contributed by atoms with Crippen molar-refractivity contribution in [2.45, 2.75) is 31.1 Å². The summed E-state index contributed by atoms with van der Waals surface area (Å²) >= 11 is 0. The first-order chi connectivity index (χ1) is 32.9. The molecule has 0 fully saturated rings. The predicted octanol–water partition coefficient (Wildman–Crippen LogP) is 17.0. The van der Waals surface area contributed by atoms with Crippen LogP contribution in [0.15, 0.2) is 237 Å². The van der Waals surface area contributed by atoms with Crippen LogP contribution in [0, 0.1) is 0 Å². The largest absolute Gasteiger partial charge is 0.355 e. The van der Waals surface area contributed by atoms with E-state index < -0.39 is 5.41 Å². The lowest BCUT2D eigenvalue weighted by molar-refractivity contribution is 0.661. The van der Waals surface area contributed by atoms with Gasteiger partial charge in [0.15, 0.2) is 0 Å². The lowest BCUT2D eigenvalue weighted by Crippen LogP contribution is -2.30. The number of rotatable bonds is 5. The molecule has 0 bridgehead atoms. The number of hydrogen-bond acceptors (Lipinski definition) is 1. The van der Waals surface area contributed by atoms with E-state index in [2.05, 4.69) is 248 Å². The molecule has 1 N–H and O–H groups in total. The average molecular weight is 857 g/mol. The lowest BCUT2D eigenvalue weighted by Gasteiger charge is -2.36. The Kier molecular flexibility index (Phi) is 8.73. The highest BCUT2D eigenvalue weighted by molar-refractivity contribution is 6.11. The van der Waals surface area contributed by atoms with Gasteiger partial charge in [-0.05, 0) is 139 Å². The summed E-state index contributed by atoms with van der Waals surface area (Å²) in [6, 6.07) is 74.3. The second-order valence-electron chi connectivity index (χ2n) is 19.0. The van der Waals surface area contributed by atoms with Crippen LogP contribution in [-0.4, -0.2) is 4.98 Å². The van der Waals surface area contributed by atoms with E-state index in [1.54, 1.807) is 0 Å². The Bertz CT molecular complexity index is 3690. The molecule has 0 saturated carbocycles. The molecule has 1 unspecified atom stereocenters. The van der Waals surface area contributed by atoms with Gasteiger partial charge in [-0.1, -0.05) is 190 Å². The van der Waals surface area contributed by atoms with E-state index in [1.807, 2.05) is 0 Å². The second-order valence-corrected chi connectivity index (χ2v) is 19.0. The number of H-pyrrole nitrogens is 1. The van der Waals surface area contributed by atoms with Crippen molar-refractivity contribution in [3.8, 4) is 44.5 Å². The third-order valence-corrected chi connectivity index (χ3v) is 15.1. The van der Waals surface area contributed by atoms with Crippen LogP contribution >= 0.6 is 0 Å². The van der Waals surface area contributed by atoms with Crippen LogP contribution in [-0.2, 0) is 17.3 Å². The minimum atomic E-state index is -0.575. The molecular formula is C65H48N2. The third-order valence-electron chi connectivity index (χ3n) is 15.1. The van der Waals surface area contributed by atoms with Gasteiger partial charge in [0.2, 0.25) is 0 Å². The Morgan fingerprint density at radius 2 is 1.07 bits per heavy atom. The van der Waals surface area contributed by atoms with Crippen molar-refractivity contribution < 1.29 is 0 Å². The number of aromatic nitrogens is 1. The zero-order valence-electron chi connectivity index (χ0n) is 37.7. The molecule has 9 aromatic carbocycles. The van der Waals surface area contributed by atoms with E-state index in [-0.39, 0.29) is 5.41 Å². The van der Waals surface area contributed by atoms with Crippen LogP contribution < -0.4 is 4.90 Å². The highest BCUT2D eigenvalue weighted by atomic mass is 15.1. The molecule has 0 radical (unpaired) electrons. The summed E-state index contributed by atoms with van der Waals surface area (Å²) in [5.41, 5.74) is 23.9. The number of nitrogens with one attached hydrogen (secondary N) is 1. The zero-order valence-corrected chi connectivity index (χ0v) is 37.7. The third kappa shape index (κ3) is 5.82. The molecule has 1 atom stereocenters. The summed E-state index contributed by atoms with van der Waals surface area (Å²) < 4.78 is 0. The minimum Gasteiger partial charge on any atom is -0.355 e. The van der Waals surface area contributed by atoms with E-state index in [4.69, 9.17) is 6.58 Å². The van der Waals surface area contributed by atoms with Crippen LogP contribution in [0.4, 0.5) is 17.1 Å². The minimum absolute atomic E-state index is 0.0457. The molecule has 0 aliphatic heterocycles. The molecule has 2 heteroatoms. The lowest BCUT2D eigenvalue weighted by atomic mass is 9.66. The van der Waals surface area contributed by atoms with E-state index >= 15 is 0 Å². The van der Waals surface area contributed by atoms with Crippen molar-refractivity contribution in [3.05, 3.63) is 270 Å². The average Bonchev–Trinajstić information content (AvgIpc) is 3.98. The molecule has 10 aromatic rings. The normalized spacial score (nSPS) is 17.2. The van der Waals surface area contributed by atoms with Gasteiger partial charge in [0, 0.05) is 44.2 Å². The van der Waals surface area contributed by atoms with Crippen LogP contribution in [0.1, 0.15) is 47.2 Å². The molecule has 13 rings (SSSR count). The Hall–Kier alpha value is -8.20. The number of fused-ring (bicyclic) bond motifs is 13. The summed E-state index contributed by atoms with van der Waals surface area (Å²) in [4.78, 5) is 6.23. The predicted molar refractivity (Wildman–Crippen MR) is 282 cm³/mol. The molecule has 0 saturated heterocycles. The molecule has 1 heterocycles. The van der Waals surface area contributed by atoms with E-state index in [0.29, 0.717) is 0 Å². The summed E-state index contributed by atoms with van der Waals surface area (Å²) in [6.45, 7) is 9.58. The van der Waals surface area contributed by atoms with Gasteiger partial charge >= 0.3 is 0 Å². The summed E-state index contributed by atoms with van der Waals surface area (Å²) in [5.74, 6) is 0. The van der Waals surface area contributed by atoms with Crippen molar-refractivity contribution in [1.29, 1.82) is 0 Å². The number of hydrogen-bond donors (Lipinski definition) is 1. The second kappa shape index (κ2) is 14.9. The summed E-state index contributed by atoms with van der Waals surface area (Å²) in [5, 5.41) is 2.51. The molecule has 3 aliphatic carbocycles. The standard InChI is InChI=1S/C65H48N2/c1-42-17-6-4-9-20-46-21-10-13-24-55(46)65(42)57-26-15-12-23-51(57)63-58(65)27-16-28-62(63)67(48-34-29-44(30-35-48)43-18-7-5-8-19-43)49-36-31-45(32-37-49)47-33-38-60-53(39-47)54-40-52-50-22-11-14-25-56(50)64(2,3)59(52)41-61(54)66-60/h4-19,21-41,66H,1,20H2,2-3H3/b9-4-,17-6-. The van der Waals surface area contributed by atoms with Crippen molar-refractivity contribution >= 4 is 38.9 Å². The Balaban J connectivity index is 0.969. The first-order valence-electron chi connectivity index (χ1n) is 23.5. The Morgan fingerprint density at radius 3 is 1.85 bits per heavy atom. The highest BCUT2D eigenvalue weighted by Gasteiger charge is 2.48. The quantitative estimate of drug-likeness (QED) is 0.183. The van der Waals surface area contributed by atoms with Crippen molar-refractivity contribution in [1.82, 2.24) is 4.98 Å². The number of aromatic amines is 1. The van der Waals surface area contributed by atoms with Crippen molar-refractivity contribution in [3.63, 3.8) is 0 Å². The van der Waals surface area contributed by atoms with Crippen LogP contribution in [0.25, 0.3) is 66.3 Å². The van der Waals surface area contributed by atoms with Crippen LogP contribution in [0.5, 0.6) is 0 Å². The van der Waals surface area contributed by atoms with E-state index in [1.165, 1.54) is 94.2 Å². The highest BCUT2D eigenvalue weighted by Crippen LogP contribution is 2.60. The van der Waals surface area contributed by atoms with Gasteiger partial charge < -0.3 is 9.88 Å². The number of anilines is 3. The van der Waals surface area contributed by atoms with Gasteiger partial charge in [0.25, 0.3) is 0 Å². The molecular weight excluding hydrogens is 809 g/mol. The monoisotopic (exact) mass is 856 g/mol. The molecule has 3 aliphatic rings. The van der Waals surface area contributed by atoms with Gasteiger partial charge in [0.1, 0.15) is 0 Å². The fourth-order valence-electron chi connectivity index (χ4n) is 11.9. The fraction of sp³-hybridized carbons (Fsp3) is 0.0769. The van der Waals surface area contributed by atoms with Crippen molar-refractivity contribution in [2.24, 2.45) is 0 Å². The number of nitrogens with zero attached hydrogens (tertiary/aromatic N) is 1. The molecule has 318 valence electrons. The maximum Gasteiger partial charge on any atom is 0.0711 e. The Morgan fingerprint density at radius 1 is 0.463 bits per heavy atom. The molecule has 0 amide bonds.